The molecule has 26 heavy (non-hydrogen) atoms. The summed E-state index contributed by atoms with van der Waals surface area (Å²) in [5, 5.41) is 5.62. The summed E-state index contributed by atoms with van der Waals surface area (Å²) in [4.78, 5) is 35.9. The molecule has 0 saturated heterocycles. The molecule has 1 fully saturated rings. The van der Waals surface area contributed by atoms with Gasteiger partial charge in [-0.3, -0.25) is 9.59 Å². The molecule has 1 aromatic rings. The van der Waals surface area contributed by atoms with Crippen molar-refractivity contribution in [3.8, 4) is 0 Å². The number of ether oxygens (including phenoxy) is 1. The van der Waals surface area contributed by atoms with Gasteiger partial charge in [0.1, 0.15) is 0 Å². The van der Waals surface area contributed by atoms with Crippen LogP contribution in [0.2, 0.25) is 0 Å². The van der Waals surface area contributed by atoms with E-state index in [0.717, 1.165) is 25.7 Å². The number of hydrogen-bond donors (Lipinski definition) is 2. The van der Waals surface area contributed by atoms with Crippen LogP contribution in [0.25, 0.3) is 0 Å². The molecule has 0 atom stereocenters. The van der Waals surface area contributed by atoms with Gasteiger partial charge < -0.3 is 15.4 Å². The topological polar surface area (TPSA) is 84.5 Å². The third-order valence-electron chi connectivity index (χ3n) is 4.02. The minimum atomic E-state index is -0.606. The molecule has 0 aliphatic heterocycles. The second kappa shape index (κ2) is 10.2. The Kier molecular flexibility index (Phi) is 7.61. The van der Waals surface area contributed by atoms with Crippen LogP contribution in [0.4, 0.5) is 5.69 Å². The highest BCUT2D eigenvalue weighted by atomic mass is 16.5. The van der Waals surface area contributed by atoms with Crippen molar-refractivity contribution in [1.82, 2.24) is 5.32 Å². The maximum absolute atomic E-state index is 12.5. The van der Waals surface area contributed by atoms with Gasteiger partial charge in [0.25, 0.3) is 11.8 Å². The van der Waals surface area contributed by atoms with Crippen LogP contribution in [0, 0.1) is 0 Å². The molecule has 6 heteroatoms. The first-order valence-corrected chi connectivity index (χ1v) is 8.76. The molecule has 1 saturated carbocycles. The van der Waals surface area contributed by atoms with Crippen molar-refractivity contribution in [3.05, 3.63) is 54.1 Å². The molecule has 0 bridgehead atoms. The minimum absolute atomic E-state index is 0.191. The summed E-state index contributed by atoms with van der Waals surface area (Å²) in [6.45, 7) is 1.40. The van der Waals surface area contributed by atoms with Crippen molar-refractivity contribution in [3.63, 3.8) is 0 Å². The van der Waals surface area contributed by atoms with Crippen LogP contribution in [0.15, 0.2) is 48.6 Å². The van der Waals surface area contributed by atoms with E-state index in [4.69, 9.17) is 4.74 Å². The Balaban J connectivity index is 1.91. The lowest BCUT2D eigenvalue weighted by Gasteiger charge is -2.15. The fourth-order valence-electron chi connectivity index (χ4n) is 2.74. The number of para-hydroxylation sites is 1. The maximum atomic E-state index is 12.5. The molecule has 2 rings (SSSR count). The molecule has 2 N–H and O–H groups in total. The summed E-state index contributed by atoms with van der Waals surface area (Å²) < 4.78 is 4.86. The molecule has 2 amide bonds. The van der Waals surface area contributed by atoms with E-state index in [2.05, 4.69) is 10.6 Å². The second-order valence-electron chi connectivity index (χ2n) is 6.04. The van der Waals surface area contributed by atoms with E-state index in [1.54, 1.807) is 36.4 Å². The van der Waals surface area contributed by atoms with E-state index in [0.29, 0.717) is 11.3 Å². The Morgan fingerprint density at radius 2 is 1.88 bits per heavy atom. The number of benzene rings is 1. The highest BCUT2D eigenvalue weighted by Gasteiger charge is 2.20. The zero-order chi connectivity index (χ0) is 18.8. The van der Waals surface area contributed by atoms with Crippen molar-refractivity contribution in [1.29, 1.82) is 0 Å². The third kappa shape index (κ3) is 6.20. The van der Waals surface area contributed by atoms with E-state index in [1.807, 2.05) is 6.92 Å². The predicted octanol–water partition coefficient (Wildman–Crippen LogP) is 2.97. The summed E-state index contributed by atoms with van der Waals surface area (Å²) in [6.07, 6.45) is 10.4. The first-order valence-electron chi connectivity index (χ1n) is 8.76. The SMILES string of the molecule is CC=CC=CC(=O)OCC(=O)Nc1ccccc1C(=O)NC1CCCC1. The van der Waals surface area contributed by atoms with E-state index in [-0.39, 0.29) is 11.9 Å². The zero-order valence-corrected chi connectivity index (χ0v) is 14.9. The number of carbonyl (C=O) groups is 3. The Bertz CT molecular complexity index is 704. The number of rotatable bonds is 7. The first-order chi connectivity index (χ1) is 12.6. The fourth-order valence-corrected chi connectivity index (χ4v) is 2.74. The lowest BCUT2D eigenvalue weighted by atomic mass is 10.1. The van der Waals surface area contributed by atoms with Gasteiger partial charge in [0.2, 0.25) is 0 Å². The smallest absolute Gasteiger partial charge is 0.331 e. The van der Waals surface area contributed by atoms with Crippen molar-refractivity contribution >= 4 is 23.5 Å². The van der Waals surface area contributed by atoms with Crippen molar-refractivity contribution in [2.75, 3.05) is 11.9 Å². The standard InChI is InChI=1S/C20H24N2O4/c1-2-3-4-13-19(24)26-14-18(23)22-17-12-8-7-11-16(17)20(25)21-15-9-5-6-10-15/h2-4,7-8,11-13,15H,5-6,9-10,14H2,1H3,(H,21,25)(H,22,23). The molecule has 0 spiro atoms. The summed E-state index contributed by atoms with van der Waals surface area (Å²) in [7, 11) is 0. The Hall–Kier alpha value is -2.89. The molecular weight excluding hydrogens is 332 g/mol. The van der Waals surface area contributed by atoms with E-state index < -0.39 is 18.5 Å². The molecule has 0 radical (unpaired) electrons. The average Bonchev–Trinajstić information content (AvgIpc) is 3.13. The lowest BCUT2D eigenvalue weighted by molar-refractivity contribution is -0.142. The number of esters is 1. The average molecular weight is 356 g/mol. The van der Waals surface area contributed by atoms with E-state index >= 15 is 0 Å². The van der Waals surface area contributed by atoms with Gasteiger partial charge in [-0.25, -0.2) is 4.79 Å². The summed E-state index contributed by atoms with van der Waals surface area (Å²) in [5.74, 6) is -1.32. The van der Waals surface area contributed by atoms with Gasteiger partial charge in [-0.15, -0.1) is 0 Å². The number of allylic oxidation sites excluding steroid dienone is 3. The Labute approximate surface area is 153 Å². The quantitative estimate of drug-likeness (QED) is 0.447. The highest BCUT2D eigenvalue weighted by Crippen LogP contribution is 2.20. The van der Waals surface area contributed by atoms with Crippen molar-refractivity contribution in [2.45, 2.75) is 38.6 Å². The zero-order valence-electron chi connectivity index (χ0n) is 14.9. The molecule has 1 aliphatic rings. The number of nitrogens with one attached hydrogen (secondary N) is 2. The van der Waals surface area contributed by atoms with Crippen LogP contribution >= 0.6 is 0 Å². The van der Waals surface area contributed by atoms with Gasteiger partial charge in [0.05, 0.1) is 11.3 Å². The summed E-state index contributed by atoms with van der Waals surface area (Å²) in [5.41, 5.74) is 0.792. The molecule has 0 heterocycles. The normalized spacial score (nSPS) is 14.7. The molecular formula is C20H24N2O4. The second-order valence-corrected chi connectivity index (χ2v) is 6.04. The molecule has 1 aromatic carbocycles. The van der Waals surface area contributed by atoms with Crippen LogP contribution < -0.4 is 10.6 Å². The molecule has 0 unspecified atom stereocenters. The number of anilines is 1. The van der Waals surface area contributed by atoms with Gasteiger partial charge >= 0.3 is 5.97 Å². The maximum Gasteiger partial charge on any atom is 0.331 e. The Morgan fingerprint density at radius 1 is 1.15 bits per heavy atom. The van der Waals surface area contributed by atoms with Gasteiger partial charge in [0.15, 0.2) is 6.61 Å². The van der Waals surface area contributed by atoms with Crippen LogP contribution in [0.5, 0.6) is 0 Å². The molecule has 138 valence electrons. The minimum Gasteiger partial charge on any atom is -0.452 e. The monoisotopic (exact) mass is 356 g/mol. The van der Waals surface area contributed by atoms with Crippen LogP contribution in [0.3, 0.4) is 0 Å². The van der Waals surface area contributed by atoms with Crippen molar-refractivity contribution in [2.24, 2.45) is 0 Å². The van der Waals surface area contributed by atoms with Gasteiger partial charge in [-0.1, -0.05) is 43.2 Å². The highest BCUT2D eigenvalue weighted by molar-refractivity contribution is 6.04. The molecule has 0 aromatic heterocycles. The summed E-state index contributed by atoms with van der Waals surface area (Å²) in [6, 6.07) is 6.97. The van der Waals surface area contributed by atoms with E-state index in [1.165, 1.54) is 12.2 Å². The third-order valence-corrected chi connectivity index (χ3v) is 4.02. The molecule has 1 aliphatic carbocycles. The fraction of sp³-hybridized carbons (Fsp3) is 0.350. The largest absolute Gasteiger partial charge is 0.452 e. The van der Waals surface area contributed by atoms with Gasteiger partial charge in [0, 0.05) is 12.1 Å². The predicted molar refractivity (Wildman–Crippen MR) is 99.7 cm³/mol. The number of carbonyl (C=O) groups excluding carboxylic acids is 3. The summed E-state index contributed by atoms with van der Waals surface area (Å²) >= 11 is 0. The van der Waals surface area contributed by atoms with Gasteiger partial charge in [-0.05, 0) is 31.9 Å². The Morgan fingerprint density at radius 3 is 2.62 bits per heavy atom. The number of hydrogen-bond acceptors (Lipinski definition) is 4. The first kappa shape index (κ1) is 19.4. The molecule has 6 nitrogen and oxygen atoms in total. The van der Waals surface area contributed by atoms with Crippen LogP contribution in [-0.2, 0) is 14.3 Å². The van der Waals surface area contributed by atoms with Crippen LogP contribution in [0.1, 0.15) is 43.0 Å². The lowest BCUT2D eigenvalue weighted by Crippen LogP contribution is -2.33. The van der Waals surface area contributed by atoms with Crippen molar-refractivity contribution < 1.29 is 19.1 Å². The van der Waals surface area contributed by atoms with Crippen LogP contribution in [-0.4, -0.2) is 30.4 Å². The number of amides is 2. The van der Waals surface area contributed by atoms with E-state index in [9.17, 15) is 14.4 Å². The van der Waals surface area contributed by atoms with Gasteiger partial charge in [-0.2, -0.15) is 0 Å².